The molecule has 7 rings (SSSR count). The van der Waals surface area contributed by atoms with Crippen LogP contribution in [0.3, 0.4) is 0 Å². The van der Waals surface area contributed by atoms with Crippen LogP contribution in [0.1, 0.15) is 5.69 Å². The third-order valence-corrected chi connectivity index (χ3v) is 6.83. The van der Waals surface area contributed by atoms with Gasteiger partial charge >= 0.3 is 0 Å². The van der Waals surface area contributed by atoms with E-state index < -0.39 is 0 Å². The Labute approximate surface area is 203 Å². The number of ether oxygens (including phenoxy) is 1. The molecule has 3 nitrogen and oxygen atoms in total. The highest BCUT2D eigenvalue weighted by Gasteiger charge is 2.18. The minimum atomic E-state index is 0.629. The molecule has 0 saturated heterocycles. The van der Waals surface area contributed by atoms with E-state index in [2.05, 4.69) is 102 Å². The van der Waals surface area contributed by atoms with Crippen molar-refractivity contribution in [3.63, 3.8) is 0 Å². The van der Waals surface area contributed by atoms with Gasteiger partial charge in [0, 0.05) is 11.8 Å². The molecule has 1 aliphatic rings. The van der Waals surface area contributed by atoms with Gasteiger partial charge in [0.15, 0.2) is 0 Å². The average Bonchev–Trinajstić information content (AvgIpc) is 3.47. The third-order valence-electron chi connectivity index (χ3n) is 6.83. The van der Waals surface area contributed by atoms with Gasteiger partial charge in [0.1, 0.15) is 12.3 Å². The van der Waals surface area contributed by atoms with Crippen molar-refractivity contribution < 1.29 is 4.74 Å². The zero-order valence-corrected chi connectivity index (χ0v) is 19.1. The number of benzene rings is 5. The highest BCUT2D eigenvalue weighted by Crippen LogP contribution is 2.43. The molecule has 6 aromatic rings. The molecule has 2 heterocycles. The molecule has 5 aromatic carbocycles. The molecule has 3 heteroatoms. The predicted molar refractivity (Wildman–Crippen MR) is 145 cm³/mol. The van der Waals surface area contributed by atoms with Crippen LogP contribution in [0.2, 0.25) is 0 Å². The van der Waals surface area contributed by atoms with Gasteiger partial charge in [-0.3, -0.25) is 4.98 Å². The number of aromatic nitrogens is 1. The minimum Gasteiger partial charge on any atom is -0.474 e. The maximum atomic E-state index is 5.61. The van der Waals surface area contributed by atoms with E-state index in [1.165, 1.54) is 49.0 Å². The minimum absolute atomic E-state index is 0.629. The fraction of sp³-hybridized carbons (Fsp3) is 0.0625. The Morgan fingerprint density at radius 1 is 0.571 bits per heavy atom. The van der Waals surface area contributed by atoms with Crippen LogP contribution in [-0.2, 0) is 4.74 Å². The monoisotopic (exact) mass is 450 g/mol. The lowest BCUT2D eigenvalue weighted by Crippen LogP contribution is -2.03. The average molecular weight is 451 g/mol. The number of fused-ring (bicyclic) bond motifs is 3. The number of pyridine rings is 1. The molecule has 0 unspecified atom stereocenters. The van der Waals surface area contributed by atoms with E-state index in [-0.39, 0.29) is 0 Å². The topological polar surface area (TPSA) is 34.5 Å². The van der Waals surface area contributed by atoms with Crippen molar-refractivity contribution in [1.29, 1.82) is 0 Å². The molecule has 0 atom stereocenters. The number of rotatable bonds is 3. The summed E-state index contributed by atoms with van der Waals surface area (Å²) in [7, 11) is 0. The summed E-state index contributed by atoms with van der Waals surface area (Å²) < 4.78 is 5.61. The molecular weight excluding hydrogens is 428 g/mol. The van der Waals surface area contributed by atoms with Crippen molar-refractivity contribution >= 4 is 38.2 Å². The first kappa shape index (κ1) is 19.9. The molecule has 0 bridgehead atoms. The zero-order valence-electron chi connectivity index (χ0n) is 19.1. The van der Waals surface area contributed by atoms with E-state index in [9.17, 15) is 0 Å². The molecule has 166 valence electrons. The van der Waals surface area contributed by atoms with Crippen LogP contribution in [-0.4, -0.2) is 24.0 Å². The number of nitrogens with zero attached hydrogens (tertiary/aromatic N) is 2. The first-order chi connectivity index (χ1) is 17.4. The Hall–Kier alpha value is -4.50. The second kappa shape index (κ2) is 8.07. The Morgan fingerprint density at radius 2 is 1.17 bits per heavy atom. The highest BCUT2D eigenvalue weighted by molar-refractivity contribution is 6.21. The lowest BCUT2D eigenvalue weighted by atomic mass is 9.86. The van der Waals surface area contributed by atoms with Crippen LogP contribution in [0.4, 0.5) is 0 Å². The molecule has 0 amide bonds. The van der Waals surface area contributed by atoms with Gasteiger partial charge in [0.25, 0.3) is 0 Å². The maximum Gasteiger partial charge on any atom is 0.235 e. The predicted octanol–water partition coefficient (Wildman–Crippen LogP) is 7.65. The van der Waals surface area contributed by atoms with E-state index >= 15 is 0 Å². The first-order valence-corrected chi connectivity index (χ1v) is 11.9. The normalized spacial score (nSPS) is 13.3. The Morgan fingerprint density at radius 3 is 1.77 bits per heavy atom. The Bertz CT molecular complexity index is 1710. The largest absolute Gasteiger partial charge is 0.474 e. The van der Waals surface area contributed by atoms with Gasteiger partial charge in [-0.2, -0.15) is 0 Å². The molecular formula is C32H22N2O. The van der Waals surface area contributed by atoms with E-state index in [0.717, 1.165) is 11.3 Å². The molecule has 0 aliphatic carbocycles. The fourth-order valence-corrected chi connectivity index (χ4v) is 5.25. The van der Waals surface area contributed by atoms with E-state index in [4.69, 9.17) is 9.72 Å². The maximum absolute atomic E-state index is 5.61. The molecule has 0 spiro atoms. The van der Waals surface area contributed by atoms with Crippen LogP contribution in [0.5, 0.6) is 0 Å². The lowest BCUT2D eigenvalue weighted by molar-refractivity contribution is 0.347. The Balaban J connectivity index is 1.51. The Kier molecular flexibility index (Phi) is 4.59. The first-order valence-electron chi connectivity index (χ1n) is 11.9. The molecule has 0 fully saturated rings. The van der Waals surface area contributed by atoms with Crippen molar-refractivity contribution in [3.05, 3.63) is 115 Å². The number of hydrogen-bond donors (Lipinski definition) is 0. The molecule has 0 N–H and O–H groups in total. The summed E-state index contributed by atoms with van der Waals surface area (Å²) in [5, 5.41) is 7.42. The van der Waals surface area contributed by atoms with Crippen molar-refractivity contribution in [3.8, 4) is 22.3 Å². The summed E-state index contributed by atoms with van der Waals surface area (Å²) in [6.07, 6.45) is 1.95. The standard InChI is InChI=1S/C32H22N2O/c1-2-8-22-19-23(14-13-21(22)7-1)30-25-9-3-5-11-27(25)31(28-12-6-4-10-26(28)30)24-15-16-29(34-20-24)32-33-17-18-35-32/h1-16,19-20H,17-18H2. The van der Waals surface area contributed by atoms with Crippen LogP contribution in [0.15, 0.2) is 114 Å². The van der Waals surface area contributed by atoms with Crippen LogP contribution < -0.4 is 0 Å². The van der Waals surface area contributed by atoms with Gasteiger partial charge in [-0.05, 0) is 61.1 Å². The van der Waals surface area contributed by atoms with Gasteiger partial charge in [-0.1, -0.05) is 91.0 Å². The number of hydrogen-bond acceptors (Lipinski definition) is 3. The van der Waals surface area contributed by atoms with Gasteiger partial charge in [-0.15, -0.1) is 0 Å². The number of aliphatic imine (C=N–C) groups is 1. The van der Waals surface area contributed by atoms with Crippen molar-refractivity contribution in [2.75, 3.05) is 13.2 Å². The van der Waals surface area contributed by atoms with E-state index in [1.807, 2.05) is 12.3 Å². The lowest BCUT2D eigenvalue weighted by Gasteiger charge is -2.18. The second-order valence-electron chi connectivity index (χ2n) is 8.87. The van der Waals surface area contributed by atoms with Crippen LogP contribution >= 0.6 is 0 Å². The highest BCUT2D eigenvalue weighted by atomic mass is 16.5. The summed E-state index contributed by atoms with van der Waals surface area (Å²) in [4.78, 5) is 9.12. The summed E-state index contributed by atoms with van der Waals surface area (Å²) in [5.41, 5.74) is 5.57. The smallest absolute Gasteiger partial charge is 0.235 e. The van der Waals surface area contributed by atoms with Gasteiger partial charge in [0.05, 0.1) is 6.54 Å². The SMILES string of the molecule is c1ccc2cc(-c3c4ccccc4c(-c4ccc(C5=NCCO5)nc4)c4ccccc34)ccc2c1. The summed E-state index contributed by atoms with van der Waals surface area (Å²) in [6, 6.07) is 36.9. The summed E-state index contributed by atoms with van der Waals surface area (Å²) >= 11 is 0. The van der Waals surface area contributed by atoms with Gasteiger partial charge in [-0.25, -0.2) is 4.99 Å². The van der Waals surface area contributed by atoms with E-state index in [0.29, 0.717) is 19.0 Å². The summed E-state index contributed by atoms with van der Waals surface area (Å²) in [6.45, 7) is 1.33. The quantitative estimate of drug-likeness (QED) is 0.260. The fourth-order valence-electron chi connectivity index (χ4n) is 5.25. The van der Waals surface area contributed by atoms with Crippen molar-refractivity contribution in [1.82, 2.24) is 4.98 Å². The van der Waals surface area contributed by atoms with Crippen LogP contribution in [0, 0.1) is 0 Å². The van der Waals surface area contributed by atoms with E-state index in [1.54, 1.807) is 0 Å². The summed E-state index contributed by atoms with van der Waals surface area (Å²) in [5.74, 6) is 0.637. The zero-order chi connectivity index (χ0) is 23.2. The molecule has 0 radical (unpaired) electrons. The second-order valence-corrected chi connectivity index (χ2v) is 8.87. The molecule has 1 aromatic heterocycles. The van der Waals surface area contributed by atoms with Crippen LogP contribution in [0.25, 0.3) is 54.6 Å². The van der Waals surface area contributed by atoms with Gasteiger partial charge in [0.2, 0.25) is 5.90 Å². The molecule has 1 aliphatic heterocycles. The third kappa shape index (κ3) is 3.28. The molecule has 0 saturated carbocycles. The van der Waals surface area contributed by atoms with Gasteiger partial charge < -0.3 is 4.74 Å². The van der Waals surface area contributed by atoms with Crippen molar-refractivity contribution in [2.45, 2.75) is 0 Å². The molecule has 35 heavy (non-hydrogen) atoms. The van der Waals surface area contributed by atoms with Crippen molar-refractivity contribution in [2.24, 2.45) is 4.99 Å².